The first kappa shape index (κ1) is 18.1. The van der Waals surface area contributed by atoms with E-state index in [9.17, 15) is 9.59 Å². The Morgan fingerprint density at radius 3 is 2.54 bits per heavy atom. The molecule has 2 unspecified atom stereocenters. The fourth-order valence-electron chi connectivity index (χ4n) is 3.07. The van der Waals surface area contributed by atoms with Gasteiger partial charge in [-0.25, -0.2) is 4.79 Å². The highest BCUT2D eigenvalue weighted by Crippen LogP contribution is 2.21. The van der Waals surface area contributed by atoms with E-state index < -0.39 is 0 Å². The summed E-state index contributed by atoms with van der Waals surface area (Å²) in [7, 11) is 1.74. The molecule has 3 atom stereocenters. The van der Waals surface area contributed by atoms with Crippen LogP contribution in [0.15, 0.2) is 54.9 Å². The highest BCUT2D eigenvalue weighted by atomic mass is 16.5. The van der Waals surface area contributed by atoms with E-state index in [4.69, 9.17) is 4.74 Å². The number of ether oxygens (including phenoxy) is 1. The molecule has 1 aromatic heterocycles. The van der Waals surface area contributed by atoms with Crippen molar-refractivity contribution in [1.29, 1.82) is 0 Å². The van der Waals surface area contributed by atoms with Crippen LogP contribution >= 0.6 is 0 Å². The van der Waals surface area contributed by atoms with Crippen molar-refractivity contribution in [2.45, 2.75) is 19.0 Å². The Kier molecular flexibility index (Phi) is 5.63. The van der Waals surface area contributed by atoms with E-state index in [0.717, 1.165) is 5.56 Å². The lowest BCUT2D eigenvalue weighted by Gasteiger charge is -2.28. The van der Waals surface area contributed by atoms with E-state index in [0.29, 0.717) is 18.8 Å². The molecule has 3 rings (SSSR count). The maximum absolute atomic E-state index is 12.7. The zero-order valence-corrected chi connectivity index (χ0v) is 15.0. The number of amides is 2. The molecule has 1 N–H and O–H groups in total. The largest absolute Gasteiger partial charge is 0.378 e. The van der Waals surface area contributed by atoms with Crippen molar-refractivity contribution < 1.29 is 14.3 Å². The summed E-state index contributed by atoms with van der Waals surface area (Å²) in [6.45, 7) is 2.61. The summed E-state index contributed by atoms with van der Waals surface area (Å²) in [4.78, 5) is 31.0. The number of hydrogen-bond donors (Lipinski definition) is 1. The van der Waals surface area contributed by atoms with Crippen molar-refractivity contribution >= 4 is 11.8 Å². The number of hydrogen-bond acceptors (Lipinski definition) is 4. The average molecular weight is 353 g/mol. The van der Waals surface area contributed by atoms with E-state index in [1.807, 2.05) is 37.3 Å². The van der Waals surface area contributed by atoms with Crippen LogP contribution in [0.3, 0.4) is 0 Å². The Bertz CT molecular complexity index is 751. The molecule has 0 radical (unpaired) electrons. The first-order valence-corrected chi connectivity index (χ1v) is 8.68. The molecule has 1 saturated heterocycles. The normalized spacial score (nSPS) is 20.4. The maximum Gasteiger partial charge on any atom is 0.317 e. The minimum Gasteiger partial charge on any atom is -0.378 e. The Labute approximate surface area is 153 Å². The highest BCUT2D eigenvalue weighted by Gasteiger charge is 2.36. The summed E-state index contributed by atoms with van der Waals surface area (Å²) in [6.07, 6.45) is 3.41. The van der Waals surface area contributed by atoms with Crippen molar-refractivity contribution in [3.05, 3.63) is 66.0 Å². The van der Waals surface area contributed by atoms with Crippen LogP contribution in [0.25, 0.3) is 0 Å². The quantitative estimate of drug-likeness (QED) is 0.839. The average Bonchev–Trinajstić information content (AvgIpc) is 3.15. The number of benzene rings is 1. The molecule has 6 heteroatoms. The lowest BCUT2D eigenvalue weighted by atomic mass is 9.93. The number of aromatic nitrogens is 1. The van der Waals surface area contributed by atoms with Gasteiger partial charge in [-0.2, -0.15) is 0 Å². The van der Waals surface area contributed by atoms with E-state index in [-0.39, 0.29) is 29.8 Å². The topological polar surface area (TPSA) is 71.5 Å². The summed E-state index contributed by atoms with van der Waals surface area (Å²) in [6, 6.07) is 12.2. The van der Waals surface area contributed by atoms with Crippen molar-refractivity contribution in [3.8, 4) is 0 Å². The van der Waals surface area contributed by atoms with Gasteiger partial charge in [0, 0.05) is 25.0 Å². The zero-order chi connectivity index (χ0) is 18.5. The van der Waals surface area contributed by atoms with Gasteiger partial charge in [-0.15, -0.1) is 0 Å². The number of nitrogens with one attached hydrogen (secondary N) is 1. The second-order valence-corrected chi connectivity index (χ2v) is 6.50. The van der Waals surface area contributed by atoms with Gasteiger partial charge >= 0.3 is 6.03 Å². The van der Waals surface area contributed by atoms with Gasteiger partial charge in [0.15, 0.2) is 5.78 Å². The van der Waals surface area contributed by atoms with Crippen molar-refractivity contribution in [3.63, 3.8) is 0 Å². The van der Waals surface area contributed by atoms with Gasteiger partial charge in [0.1, 0.15) is 0 Å². The summed E-state index contributed by atoms with van der Waals surface area (Å²) >= 11 is 0. The molecule has 136 valence electrons. The summed E-state index contributed by atoms with van der Waals surface area (Å²) in [5, 5.41) is 2.96. The number of Topliss-reactive ketones (excluding diaryl/α,β-unsaturated/α-hetero) is 1. The summed E-state index contributed by atoms with van der Waals surface area (Å²) in [5.74, 6) is -0.371. The van der Waals surface area contributed by atoms with Crippen LogP contribution in [0.4, 0.5) is 4.79 Å². The fraction of sp³-hybridized carbons (Fsp3) is 0.350. The Balaban J connectivity index is 1.65. The predicted molar refractivity (Wildman–Crippen MR) is 97.8 cm³/mol. The van der Waals surface area contributed by atoms with Gasteiger partial charge in [-0.1, -0.05) is 30.3 Å². The minimum absolute atomic E-state index is 0.00163. The summed E-state index contributed by atoms with van der Waals surface area (Å²) < 4.78 is 5.48. The van der Waals surface area contributed by atoms with Crippen molar-refractivity contribution in [2.24, 2.45) is 5.92 Å². The van der Waals surface area contributed by atoms with Gasteiger partial charge in [-0.3, -0.25) is 9.78 Å². The molecule has 6 nitrogen and oxygen atoms in total. The third kappa shape index (κ3) is 3.91. The van der Waals surface area contributed by atoms with Gasteiger partial charge < -0.3 is 15.0 Å². The maximum atomic E-state index is 12.7. The third-order valence-electron chi connectivity index (χ3n) is 4.87. The van der Waals surface area contributed by atoms with Gasteiger partial charge in [0.25, 0.3) is 0 Å². The number of urea groups is 1. The molecule has 26 heavy (non-hydrogen) atoms. The Hall–Kier alpha value is -2.73. The monoisotopic (exact) mass is 353 g/mol. The first-order valence-electron chi connectivity index (χ1n) is 8.68. The molecule has 1 fully saturated rings. The molecule has 0 saturated carbocycles. The molecule has 0 spiro atoms. The number of rotatable bonds is 5. The SMILES string of the molecule is C[C@@H](c1ccncc1)N(C)C(=O)NC1COCC1C(=O)c1ccccc1. The van der Waals surface area contributed by atoms with E-state index in [1.165, 1.54) is 0 Å². The summed E-state index contributed by atoms with van der Waals surface area (Å²) in [5.41, 5.74) is 1.64. The molecular weight excluding hydrogens is 330 g/mol. The van der Waals surface area contributed by atoms with Gasteiger partial charge in [0.2, 0.25) is 0 Å². The molecule has 0 bridgehead atoms. The fourth-order valence-corrected chi connectivity index (χ4v) is 3.07. The molecular formula is C20H23N3O3. The molecule has 2 heterocycles. The minimum atomic E-state index is -0.369. The van der Waals surface area contributed by atoms with E-state index in [1.54, 1.807) is 36.5 Å². The lowest BCUT2D eigenvalue weighted by Crippen LogP contribution is -2.48. The number of pyridine rings is 1. The predicted octanol–water partition coefficient (Wildman–Crippen LogP) is 2.68. The standard InChI is InChI=1S/C20H23N3O3/c1-14(15-8-10-21-11-9-15)23(2)20(25)22-18-13-26-12-17(18)19(24)16-6-4-3-5-7-16/h3-11,14,17-18H,12-13H2,1-2H3,(H,22,25)/t14-,17?,18?/m0/s1. The van der Waals surface area contributed by atoms with Crippen LogP contribution in [0, 0.1) is 5.92 Å². The van der Waals surface area contributed by atoms with Crippen LogP contribution in [-0.2, 0) is 4.74 Å². The smallest absolute Gasteiger partial charge is 0.317 e. The van der Waals surface area contributed by atoms with Gasteiger partial charge in [0.05, 0.1) is 31.2 Å². The molecule has 1 aromatic carbocycles. The number of nitrogens with zero attached hydrogens (tertiary/aromatic N) is 2. The van der Waals surface area contributed by atoms with Crippen LogP contribution in [0.2, 0.25) is 0 Å². The zero-order valence-electron chi connectivity index (χ0n) is 15.0. The number of ketones is 1. The van der Waals surface area contributed by atoms with Crippen LogP contribution in [0.5, 0.6) is 0 Å². The van der Waals surface area contributed by atoms with E-state index in [2.05, 4.69) is 10.3 Å². The molecule has 0 aliphatic carbocycles. The molecule has 2 aromatic rings. The van der Waals surface area contributed by atoms with E-state index >= 15 is 0 Å². The van der Waals surface area contributed by atoms with Crippen LogP contribution in [-0.4, -0.2) is 48.0 Å². The molecule has 2 amide bonds. The molecule has 1 aliphatic rings. The Morgan fingerprint density at radius 1 is 1.15 bits per heavy atom. The first-order chi connectivity index (χ1) is 12.6. The van der Waals surface area contributed by atoms with Crippen molar-refractivity contribution in [2.75, 3.05) is 20.3 Å². The number of carbonyl (C=O) groups is 2. The number of carbonyl (C=O) groups excluding carboxylic acids is 2. The molecule has 1 aliphatic heterocycles. The van der Waals surface area contributed by atoms with Crippen LogP contribution < -0.4 is 5.32 Å². The highest BCUT2D eigenvalue weighted by molar-refractivity contribution is 5.98. The Morgan fingerprint density at radius 2 is 1.85 bits per heavy atom. The van der Waals surface area contributed by atoms with Crippen LogP contribution in [0.1, 0.15) is 28.9 Å². The second kappa shape index (κ2) is 8.10. The van der Waals surface area contributed by atoms with Crippen molar-refractivity contribution in [1.82, 2.24) is 15.2 Å². The second-order valence-electron chi connectivity index (χ2n) is 6.50. The third-order valence-corrected chi connectivity index (χ3v) is 4.87. The van der Waals surface area contributed by atoms with Gasteiger partial charge in [-0.05, 0) is 24.6 Å². The lowest BCUT2D eigenvalue weighted by molar-refractivity contribution is 0.0892.